The number of fused-ring (bicyclic) bond motifs is 5. The van der Waals surface area contributed by atoms with Gasteiger partial charge in [0.05, 0.1) is 11.8 Å². The molecule has 3 saturated carbocycles. The molecule has 1 aliphatic heterocycles. The van der Waals surface area contributed by atoms with Crippen LogP contribution in [0.25, 0.3) is 0 Å². The lowest BCUT2D eigenvalue weighted by molar-refractivity contribution is -0.200. The van der Waals surface area contributed by atoms with Gasteiger partial charge in [-0.1, -0.05) is 24.6 Å². The van der Waals surface area contributed by atoms with Gasteiger partial charge in [0, 0.05) is 12.8 Å². The molecule has 8 heteroatoms. The fourth-order valence-electron chi connectivity index (χ4n) is 7.57. The zero-order valence-electron chi connectivity index (χ0n) is 19.5. The second-order valence-corrected chi connectivity index (χ2v) is 11.0. The van der Waals surface area contributed by atoms with Crippen molar-refractivity contribution in [3.8, 4) is 0 Å². The molecule has 0 spiro atoms. The first-order chi connectivity index (χ1) is 15.7. The maximum absolute atomic E-state index is 11.9. The first kappa shape index (κ1) is 22.6. The number of hydrogen-bond donors (Lipinski definition) is 1. The highest BCUT2D eigenvalue weighted by Gasteiger charge is 2.58. The molecular weight excluding hydrogens is 424 g/mol. The van der Waals surface area contributed by atoms with Gasteiger partial charge in [-0.05, 0) is 86.0 Å². The van der Waals surface area contributed by atoms with E-state index >= 15 is 0 Å². The predicted octanol–water partition coefficient (Wildman–Crippen LogP) is 3.29. The average molecular weight is 459 g/mol. The topological polar surface area (TPSA) is 106 Å². The summed E-state index contributed by atoms with van der Waals surface area (Å²) in [7, 11) is 0. The Morgan fingerprint density at radius 1 is 1.06 bits per heavy atom. The number of carbonyl (C=O) groups excluding carboxylic acids is 3. The van der Waals surface area contributed by atoms with E-state index in [2.05, 4.69) is 25.1 Å². The van der Waals surface area contributed by atoms with Gasteiger partial charge in [0.2, 0.25) is 6.61 Å². The molecular formula is C25H34N2O6. The van der Waals surface area contributed by atoms with Crippen LogP contribution in [0.4, 0.5) is 0 Å². The van der Waals surface area contributed by atoms with Gasteiger partial charge >= 0.3 is 5.97 Å². The van der Waals surface area contributed by atoms with E-state index in [1.54, 1.807) is 0 Å². The number of aliphatic hydroxyl groups excluding tert-OH is 1. The number of nitrogens with zero attached hydrogens (tertiary/aromatic N) is 2. The monoisotopic (exact) mass is 458 g/mol. The number of amides is 2. The Bertz CT molecular complexity index is 912. The van der Waals surface area contributed by atoms with Crippen molar-refractivity contribution in [3.63, 3.8) is 0 Å². The Labute approximate surface area is 194 Å². The highest BCUT2D eigenvalue weighted by molar-refractivity contribution is 6.01. The maximum Gasteiger partial charge on any atom is 0.373 e. The van der Waals surface area contributed by atoms with Gasteiger partial charge in [-0.25, -0.2) is 4.79 Å². The summed E-state index contributed by atoms with van der Waals surface area (Å²) in [5.74, 6) is 0.116. The Morgan fingerprint density at radius 3 is 2.58 bits per heavy atom. The second-order valence-electron chi connectivity index (χ2n) is 11.0. The number of hydrogen-bond acceptors (Lipinski definition) is 7. The van der Waals surface area contributed by atoms with Crippen LogP contribution in [-0.4, -0.2) is 46.4 Å². The number of oxime groups is 1. The van der Waals surface area contributed by atoms with Crippen LogP contribution in [0.5, 0.6) is 0 Å². The van der Waals surface area contributed by atoms with Crippen LogP contribution in [0.2, 0.25) is 0 Å². The van der Waals surface area contributed by atoms with Crippen molar-refractivity contribution in [2.24, 2.45) is 33.7 Å². The molecule has 5 rings (SSSR count). The standard InChI is InChI=1S/C25H34N2O6/c1-24-11-9-16(26-32-14-23(31)33-27-21(29)7-8-22(27)30)13-15(24)3-4-17-18-5-6-20(28)25(18,2)12-10-19(17)24/h13,17-20,28H,3-12,14H2,1-2H3/b26-16-/t17-,18-,19-,20-,24-,25-/m0/s1. The van der Waals surface area contributed by atoms with Crippen LogP contribution < -0.4 is 0 Å². The summed E-state index contributed by atoms with van der Waals surface area (Å²) >= 11 is 0. The van der Waals surface area contributed by atoms with Crippen molar-refractivity contribution in [1.29, 1.82) is 0 Å². The van der Waals surface area contributed by atoms with Crippen LogP contribution in [0.15, 0.2) is 16.8 Å². The van der Waals surface area contributed by atoms with Crippen LogP contribution >= 0.6 is 0 Å². The smallest absolute Gasteiger partial charge is 0.373 e. The van der Waals surface area contributed by atoms with Crippen molar-refractivity contribution in [2.75, 3.05) is 6.61 Å². The number of aliphatic hydroxyl groups is 1. The summed E-state index contributed by atoms with van der Waals surface area (Å²) in [4.78, 5) is 45.0. The van der Waals surface area contributed by atoms with Crippen molar-refractivity contribution in [2.45, 2.75) is 84.2 Å². The molecule has 1 heterocycles. The fraction of sp³-hybridized carbons (Fsp3) is 0.760. The third kappa shape index (κ3) is 3.70. The van der Waals surface area contributed by atoms with E-state index in [9.17, 15) is 19.5 Å². The third-order valence-corrected chi connectivity index (χ3v) is 9.49. The van der Waals surface area contributed by atoms with E-state index in [0.717, 1.165) is 50.7 Å². The summed E-state index contributed by atoms with van der Waals surface area (Å²) in [5.41, 5.74) is 2.49. The highest BCUT2D eigenvalue weighted by atomic mass is 16.7. The first-order valence-electron chi connectivity index (χ1n) is 12.4. The number of hydroxylamine groups is 2. The molecule has 8 nitrogen and oxygen atoms in total. The quantitative estimate of drug-likeness (QED) is 0.512. The maximum atomic E-state index is 11.9. The average Bonchev–Trinajstić information content (AvgIpc) is 3.26. The molecule has 0 bridgehead atoms. The first-order valence-corrected chi connectivity index (χ1v) is 12.4. The van der Waals surface area contributed by atoms with Crippen molar-refractivity contribution in [1.82, 2.24) is 5.06 Å². The summed E-state index contributed by atoms with van der Waals surface area (Å²) in [5, 5.41) is 15.3. The molecule has 4 aliphatic carbocycles. The minimum absolute atomic E-state index is 0.0596. The Kier molecular flexibility index (Phi) is 5.62. The lowest BCUT2D eigenvalue weighted by atomic mass is 9.47. The van der Waals surface area contributed by atoms with Crippen molar-refractivity contribution < 1.29 is 29.2 Å². The van der Waals surface area contributed by atoms with Gasteiger partial charge in [-0.3, -0.25) is 9.59 Å². The number of imide groups is 1. The van der Waals surface area contributed by atoms with E-state index in [1.165, 1.54) is 12.0 Å². The molecule has 1 N–H and O–H groups in total. The summed E-state index contributed by atoms with van der Waals surface area (Å²) in [6.45, 7) is 4.26. The lowest BCUT2D eigenvalue weighted by Crippen LogP contribution is -2.51. The molecule has 1 saturated heterocycles. The minimum Gasteiger partial charge on any atom is -0.393 e. The summed E-state index contributed by atoms with van der Waals surface area (Å²) in [6.07, 6.45) is 10.5. The van der Waals surface area contributed by atoms with Gasteiger partial charge in [0.15, 0.2) is 0 Å². The molecule has 0 aromatic heterocycles. The van der Waals surface area contributed by atoms with Crippen LogP contribution in [0.1, 0.15) is 78.1 Å². The van der Waals surface area contributed by atoms with E-state index < -0.39 is 24.4 Å². The van der Waals surface area contributed by atoms with Gasteiger partial charge in [0.1, 0.15) is 0 Å². The normalized spacial score (nSPS) is 41.4. The highest BCUT2D eigenvalue weighted by Crippen LogP contribution is 2.65. The van der Waals surface area contributed by atoms with Gasteiger partial charge < -0.3 is 14.8 Å². The third-order valence-electron chi connectivity index (χ3n) is 9.49. The number of rotatable bonds is 4. The predicted molar refractivity (Wildman–Crippen MR) is 118 cm³/mol. The van der Waals surface area contributed by atoms with E-state index in [0.29, 0.717) is 22.8 Å². The van der Waals surface area contributed by atoms with E-state index in [4.69, 9.17) is 9.68 Å². The van der Waals surface area contributed by atoms with Crippen molar-refractivity contribution >= 4 is 23.5 Å². The largest absolute Gasteiger partial charge is 0.393 e. The second kappa shape index (κ2) is 8.22. The van der Waals surface area contributed by atoms with Gasteiger partial charge in [-0.2, -0.15) is 0 Å². The molecule has 0 unspecified atom stereocenters. The Hall–Kier alpha value is -2.22. The van der Waals surface area contributed by atoms with Crippen LogP contribution in [0.3, 0.4) is 0 Å². The zero-order chi connectivity index (χ0) is 23.4. The molecule has 0 radical (unpaired) electrons. The SMILES string of the molecule is C[C@]12CC[C@H]3[C@@H](CCC4=C/C(=N\OCC(=O)ON5C(=O)CCC5=O)CC[C@@]43C)[C@@H]1CC[C@@H]2O. The minimum atomic E-state index is -0.819. The zero-order valence-corrected chi connectivity index (χ0v) is 19.5. The molecule has 180 valence electrons. The van der Waals surface area contributed by atoms with Crippen molar-refractivity contribution in [3.05, 3.63) is 11.6 Å². The molecule has 2 amide bonds. The summed E-state index contributed by atoms with van der Waals surface area (Å²) in [6, 6.07) is 0. The molecule has 4 fully saturated rings. The Morgan fingerprint density at radius 2 is 1.82 bits per heavy atom. The van der Waals surface area contributed by atoms with E-state index in [1.807, 2.05) is 0 Å². The fourth-order valence-corrected chi connectivity index (χ4v) is 7.57. The van der Waals surface area contributed by atoms with Crippen LogP contribution in [-0.2, 0) is 24.1 Å². The molecule has 6 atom stereocenters. The molecule has 33 heavy (non-hydrogen) atoms. The Balaban J connectivity index is 1.22. The lowest BCUT2D eigenvalue weighted by Gasteiger charge is -2.57. The van der Waals surface area contributed by atoms with Gasteiger partial charge in [-0.15, -0.1) is 5.06 Å². The summed E-state index contributed by atoms with van der Waals surface area (Å²) < 4.78 is 0. The molecule has 5 aliphatic rings. The molecule has 0 aromatic rings. The number of allylic oxidation sites excluding steroid dienone is 2. The van der Waals surface area contributed by atoms with E-state index in [-0.39, 0.29) is 29.8 Å². The molecule has 0 aromatic carbocycles. The number of carbonyl (C=O) groups is 3. The van der Waals surface area contributed by atoms with Gasteiger partial charge in [0.25, 0.3) is 11.8 Å². The van der Waals surface area contributed by atoms with Crippen LogP contribution in [0, 0.1) is 28.6 Å².